The molecule has 0 aliphatic carbocycles. The van der Waals surface area contributed by atoms with E-state index in [1.165, 1.54) is 25.9 Å². The first-order valence-corrected chi connectivity index (χ1v) is 12.3. The summed E-state index contributed by atoms with van der Waals surface area (Å²) >= 11 is 0. The summed E-state index contributed by atoms with van der Waals surface area (Å²) in [6.45, 7) is 5.40. The van der Waals surface area contributed by atoms with Crippen LogP contribution in [0.4, 0.5) is 11.6 Å². The van der Waals surface area contributed by atoms with Crippen LogP contribution in [0.2, 0.25) is 0 Å². The van der Waals surface area contributed by atoms with Crippen molar-refractivity contribution in [1.82, 2.24) is 19.5 Å². The Labute approximate surface area is 204 Å². The third-order valence-corrected chi connectivity index (χ3v) is 6.39. The van der Waals surface area contributed by atoms with Crippen LogP contribution in [0, 0.1) is 0 Å². The molecule has 0 spiro atoms. The number of aromatic nitrogens is 3. The molecule has 6 rings (SSSR count). The van der Waals surface area contributed by atoms with E-state index in [4.69, 9.17) is 19.3 Å². The number of hydrogen-bond donors (Lipinski definition) is 1. The second-order valence-electron chi connectivity index (χ2n) is 8.88. The molecule has 1 N–H and O–H groups in total. The van der Waals surface area contributed by atoms with Crippen LogP contribution < -0.4 is 19.5 Å². The summed E-state index contributed by atoms with van der Waals surface area (Å²) in [5, 5.41) is 8.02. The minimum absolute atomic E-state index is 0.537. The number of hydrogen-bond acceptors (Lipinski definition) is 7. The first-order chi connectivity index (χ1) is 17.3. The van der Waals surface area contributed by atoms with Crippen molar-refractivity contribution in [2.45, 2.75) is 19.3 Å². The second kappa shape index (κ2) is 9.84. The molecule has 0 unspecified atom stereocenters. The molecule has 2 aromatic carbocycles. The van der Waals surface area contributed by atoms with E-state index in [1.54, 1.807) is 0 Å². The molecule has 35 heavy (non-hydrogen) atoms. The molecule has 0 amide bonds. The molecule has 2 aliphatic rings. The SMILES string of the molecule is c1cc(-c2ccc3c(c2)OCCCO3)n2nc(Nc3ccc(OCCN4CCCC4)cc3)nc2c1. The maximum Gasteiger partial charge on any atom is 0.247 e. The van der Waals surface area contributed by atoms with Gasteiger partial charge in [0.1, 0.15) is 12.4 Å². The zero-order valence-electron chi connectivity index (χ0n) is 19.7. The van der Waals surface area contributed by atoms with Gasteiger partial charge in [0, 0.05) is 24.2 Å². The Morgan fingerprint density at radius 1 is 0.886 bits per heavy atom. The Morgan fingerprint density at radius 3 is 2.57 bits per heavy atom. The third kappa shape index (κ3) is 4.88. The van der Waals surface area contributed by atoms with E-state index in [0.717, 1.165) is 52.8 Å². The van der Waals surface area contributed by atoms with E-state index in [2.05, 4.69) is 15.2 Å². The van der Waals surface area contributed by atoms with Crippen molar-refractivity contribution in [1.29, 1.82) is 0 Å². The van der Waals surface area contributed by atoms with Gasteiger partial charge in [-0.05, 0) is 80.5 Å². The zero-order chi connectivity index (χ0) is 23.5. The van der Waals surface area contributed by atoms with Crippen LogP contribution in [0.15, 0.2) is 60.7 Å². The number of pyridine rings is 1. The highest BCUT2D eigenvalue weighted by atomic mass is 16.5. The lowest BCUT2D eigenvalue weighted by Gasteiger charge is -2.15. The van der Waals surface area contributed by atoms with Gasteiger partial charge in [-0.1, -0.05) is 6.07 Å². The van der Waals surface area contributed by atoms with Crippen LogP contribution in [0.5, 0.6) is 17.2 Å². The lowest BCUT2D eigenvalue weighted by molar-refractivity contribution is 0.238. The fraction of sp³-hybridized carbons (Fsp3) is 0.333. The van der Waals surface area contributed by atoms with Crippen LogP contribution in [0.3, 0.4) is 0 Å². The fourth-order valence-electron chi connectivity index (χ4n) is 4.56. The maximum atomic E-state index is 5.91. The average Bonchev–Trinajstić information content (AvgIpc) is 3.49. The number of nitrogens with one attached hydrogen (secondary N) is 1. The van der Waals surface area contributed by atoms with Crippen LogP contribution in [0.25, 0.3) is 16.9 Å². The van der Waals surface area contributed by atoms with Crippen molar-refractivity contribution < 1.29 is 14.2 Å². The van der Waals surface area contributed by atoms with Gasteiger partial charge >= 0.3 is 0 Å². The van der Waals surface area contributed by atoms with Crippen LogP contribution in [-0.4, -0.2) is 59.0 Å². The van der Waals surface area contributed by atoms with Gasteiger partial charge in [0.2, 0.25) is 5.95 Å². The van der Waals surface area contributed by atoms with Crippen LogP contribution in [0.1, 0.15) is 19.3 Å². The minimum Gasteiger partial charge on any atom is -0.492 e. The smallest absolute Gasteiger partial charge is 0.247 e. The van der Waals surface area contributed by atoms with Crippen molar-refractivity contribution in [3.63, 3.8) is 0 Å². The predicted molar refractivity (Wildman–Crippen MR) is 135 cm³/mol. The average molecular weight is 472 g/mol. The van der Waals surface area contributed by atoms with Gasteiger partial charge in [0.25, 0.3) is 0 Å². The molecule has 2 aromatic heterocycles. The van der Waals surface area contributed by atoms with E-state index in [0.29, 0.717) is 25.8 Å². The van der Waals surface area contributed by atoms with Crippen LogP contribution in [-0.2, 0) is 0 Å². The second-order valence-corrected chi connectivity index (χ2v) is 8.88. The van der Waals surface area contributed by atoms with E-state index >= 15 is 0 Å². The quantitative estimate of drug-likeness (QED) is 0.416. The maximum absolute atomic E-state index is 5.91. The van der Waals surface area contributed by atoms with Gasteiger partial charge in [-0.15, -0.1) is 5.10 Å². The molecule has 0 saturated carbocycles. The Kier molecular flexibility index (Phi) is 6.11. The number of ether oxygens (including phenoxy) is 3. The van der Waals surface area contributed by atoms with Crippen molar-refractivity contribution in [2.75, 3.05) is 44.8 Å². The van der Waals surface area contributed by atoms with E-state index in [9.17, 15) is 0 Å². The summed E-state index contributed by atoms with van der Waals surface area (Å²) in [7, 11) is 0. The van der Waals surface area contributed by atoms with E-state index < -0.39 is 0 Å². The standard InChI is InChI=1S/C27H29N5O3/c1-2-14-31(13-1)15-18-33-22-10-8-21(9-11-22)28-27-29-26-6-3-5-23(32(26)30-27)20-7-12-24-25(19-20)35-17-4-16-34-24/h3,5-12,19H,1-2,4,13-18H2,(H,28,30). The van der Waals surface area contributed by atoms with Gasteiger partial charge in [-0.2, -0.15) is 4.98 Å². The van der Waals surface area contributed by atoms with Crippen molar-refractivity contribution in [2.24, 2.45) is 0 Å². The normalized spacial score (nSPS) is 15.8. The molecule has 4 aromatic rings. The fourth-order valence-corrected chi connectivity index (χ4v) is 4.56. The molecule has 4 heterocycles. The van der Waals surface area contributed by atoms with E-state index in [-0.39, 0.29) is 0 Å². The summed E-state index contributed by atoms with van der Waals surface area (Å²) in [6, 6.07) is 19.9. The molecule has 2 aliphatic heterocycles. The molecule has 0 atom stereocenters. The Bertz CT molecular complexity index is 1300. The Morgan fingerprint density at radius 2 is 1.71 bits per heavy atom. The molecule has 0 radical (unpaired) electrons. The number of fused-ring (bicyclic) bond motifs is 2. The summed E-state index contributed by atoms with van der Waals surface area (Å²) in [4.78, 5) is 7.11. The molecule has 1 saturated heterocycles. The first-order valence-electron chi connectivity index (χ1n) is 12.3. The Balaban J connectivity index is 1.16. The third-order valence-electron chi connectivity index (χ3n) is 6.39. The van der Waals surface area contributed by atoms with Gasteiger partial charge in [0.05, 0.1) is 18.9 Å². The predicted octanol–water partition coefficient (Wildman–Crippen LogP) is 4.78. The lowest BCUT2D eigenvalue weighted by atomic mass is 10.1. The number of anilines is 2. The lowest BCUT2D eigenvalue weighted by Crippen LogP contribution is -2.25. The molecule has 8 heteroatoms. The van der Waals surface area contributed by atoms with Crippen molar-refractivity contribution in [3.05, 3.63) is 60.7 Å². The zero-order valence-corrected chi connectivity index (χ0v) is 19.7. The minimum atomic E-state index is 0.537. The molecule has 180 valence electrons. The molecule has 1 fully saturated rings. The molecular formula is C27H29N5O3. The van der Waals surface area contributed by atoms with Gasteiger partial charge < -0.3 is 19.5 Å². The highest BCUT2D eigenvalue weighted by molar-refractivity contribution is 5.68. The largest absolute Gasteiger partial charge is 0.492 e. The Hall–Kier alpha value is -3.78. The molecular weight excluding hydrogens is 442 g/mol. The highest BCUT2D eigenvalue weighted by Crippen LogP contribution is 2.34. The number of rotatable bonds is 7. The van der Waals surface area contributed by atoms with Crippen molar-refractivity contribution in [3.8, 4) is 28.5 Å². The first kappa shape index (κ1) is 21.7. The monoisotopic (exact) mass is 471 g/mol. The molecule has 0 bridgehead atoms. The van der Waals surface area contributed by atoms with E-state index in [1.807, 2.05) is 65.2 Å². The van der Waals surface area contributed by atoms with Crippen molar-refractivity contribution >= 4 is 17.3 Å². The summed E-state index contributed by atoms with van der Waals surface area (Å²) in [6.07, 6.45) is 3.48. The van der Waals surface area contributed by atoms with Gasteiger partial charge in [-0.25, -0.2) is 4.52 Å². The number of nitrogens with zero attached hydrogens (tertiary/aromatic N) is 4. The molecule has 8 nitrogen and oxygen atoms in total. The highest BCUT2D eigenvalue weighted by Gasteiger charge is 2.15. The topological polar surface area (TPSA) is 73.2 Å². The summed E-state index contributed by atoms with van der Waals surface area (Å²) < 4.78 is 19.4. The number of benzene rings is 2. The number of likely N-dealkylation sites (tertiary alicyclic amines) is 1. The van der Waals surface area contributed by atoms with Gasteiger partial charge in [0.15, 0.2) is 17.1 Å². The summed E-state index contributed by atoms with van der Waals surface area (Å²) in [5.41, 5.74) is 3.59. The summed E-state index contributed by atoms with van der Waals surface area (Å²) in [5.74, 6) is 2.95. The van der Waals surface area contributed by atoms with Gasteiger partial charge in [-0.3, -0.25) is 4.90 Å². The van der Waals surface area contributed by atoms with Crippen LogP contribution >= 0.6 is 0 Å².